The molecule has 0 fully saturated rings. The summed E-state index contributed by atoms with van der Waals surface area (Å²) in [5.74, 6) is -1.98. The Kier molecular flexibility index (Phi) is 4.35. The van der Waals surface area contributed by atoms with E-state index < -0.39 is 29.6 Å². The molecule has 0 aliphatic carbocycles. The van der Waals surface area contributed by atoms with Gasteiger partial charge in [0.1, 0.15) is 5.82 Å². The summed E-state index contributed by atoms with van der Waals surface area (Å²) in [6.45, 7) is 0. The Hall–Kier alpha value is -2.57. The second-order valence-corrected chi connectivity index (χ2v) is 4.52. The van der Waals surface area contributed by atoms with Crippen molar-refractivity contribution >= 4 is 11.7 Å². The molecule has 116 valence electrons. The first-order valence-electron chi connectivity index (χ1n) is 6.20. The maximum absolute atomic E-state index is 13.5. The average Bonchev–Trinajstić information content (AvgIpc) is 2.45. The summed E-state index contributed by atoms with van der Waals surface area (Å²) in [6, 6.07) is 7.75. The highest BCUT2D eigenvalue weighted by atomic mass is 19.4. The first-order chi connectivity index (χ1) is 10.3. The molecule has 2 aromatic rings. The monoisotopic (exact) mass is 313 g/mol. The summed E-state index contributed by atoms with van der Waals surface area (Å²) < 4.78 is 51.0. The summed E-state index contributed by atoms with van der Waals surface area (Å²) in [4.78, 5) is 11.3. The van der Waals surface area contributed by atoms with Gasteiger partial charge in [-0.1, -0.05) is 24.3 Å². The molecule has 0 radical (unpaired) electrons. The van der Waals surface area contributed by atoms with Crippen LogP contribution in [0.25, 0.3) is 0 Å². The minimum Gasteiger partial charge on any atom is -0.479 e. The van der Waals surface area contributed by atoms with Gasteiger partial charge in [0.2, 0.25) is 0 Å². The normalized spacial score (nSPS) is 12.7. The van der Waals surface area contributed by atoms with Crippen molar-refractivity contribution in [2.45, 2.75) is 12.2 Å². The summed E-state index contributed by atoms with van der Waals surface area (Å²) in [5, 5.41) is 11.7. The zero-order valence-electron chi connectivity index (χ0n) is 11.1. The predicted octanol–water partition coefficient (Wildman–Crippen LogP) is 4.08. The molecule has 0 aliphatic heterocycles. The lowest BCUT2D eigenvalue weighted by molar-refractivity contribution is -0.138. The number of anilines is 1. The molecule has 0 spiro atoms. The molecule has 0 aromatic heterocycles. The first-order valence-corrected chi connectivity index (χ1v) is 6.20. The van der Waals surface area contributed by atoms with Crippen molar-refractivity contribution in [3.05, 3.63) is 65.5 Å². The van der Waals surface area contributed by atoms with Crippen LogP contribution < -0.4 is 5.32 Å². The van der Waals surface area contributed by atoms with Gasteiger partial charge in [-0.2, -0.15) is 13.2 Å². The fourth-order valence-electron chi connectivity index (χ4n) is 1.89. The Morgan fingerprint density at radius 2 is 1.64 bits per heavy atom. The van der Waals surface area contributed by atoms with Crippen LogP contribution in [-0.2, 0) is 11.0 Å². The maximum atomic E-state index is 13.5. The van der Waals surface area contributed by atoms with E-state index in [0.717, 1.165) is 30.3 Å². The van der Waals surface area contributed by atoms with Crippen LogP contribution in [0.1, 0.15) is 17.2 Å². The number of aliphatic carboxylic acids is 1. The Labute approximate surface area is 123 Å². The third-order valence-corrected chi connectivity index (χ3v) is 2.99. The van der Waals surface area contributed by atoms with Gasteiger partial charge in [-0.05, 0) is 29.8 Å². The van der Waals surface area contributed by atoms with Gasteiger partial charge in [-0.3, -0.25) is 0 Å². The number of alkyl halides is 3. The quantitative estimate of drug-likeness (QED) is 0.836. The van der Waals surface area contributed by atoms with Crippen LogP contribution in [0.3, 0.4) is 0 Å². The Bertz CT molecular complexity index is 668. The Morgan fingerprint density at radius 1 is 1.05 bits per heavy atom. The molecular formula is C15H11F4NO2. The largest absolute Gasteiger partial charge is 0.479 e. The number of hydrogen-bond acceptors (Lipinski definition) is 2. The lowest BCUT2D eigenvalue weighted by Gasteiger charge is -2.17. The summed E-state index contributed by atoms with van der Waals surface area (Å²) >= 11 is 0. The average molecular weight is 313 g/mol. The van der Waals surface area contributed by atoms with Gasteiger partial charge in [-0.15, -0.1) is 0 Å². The van der Waals surface area contributed by atoms with Crippen molar-refractivity contribution in [2.24, 2.45) is 0 Å². The summed E-state index contributed by atoms with van der Waals surface area (Å²) in [7, 11) is 0. The summed E-state index contributed by atoms with van der Waals surface area (Å²) in [5.41, 5.74) is -0.843. The van der Waals surface area contributed by atoms with E-state index in [1.54, 1.807) is 0 Å². The fraction of sp³-hybridized carbons (Fsp3) is 0.133. The molecule has 1 unspecified atom stereocenters. The standard InChI is InChI=1S/C15H11F4NO2/c16-11-3-1-2-4-12(11)20-13(14(21)22)9-5-7-10(8-6-9)15(17,18)19/h1-8,13,20H,(H,21,22). The molecule has 0 bridgehead atoms. The van der Waals surface area contributed by atoms with E-state index in [1.165, 1.54) is 18.2 Å². The molecule has 2 rings (SSSR count). The molecule has 2 N–H and O–H groups in total. The van der Waals surface area contributed by atoms with Gasteiger partial charge in [0.05, 0.1) is 11.3 Å². The number of carbonyl (C=O) groups is 1. The van der Waals surface area contributed by atoms with E-state index >= 15 is 0 Å². The van der Waals surface area contributed by atoms with E-state index in [0.29, 0.717) is 0 Å². The molecule has 7 heteroatoms. The third kappa shape index (κ3) is 3.55. The van der Waals surface area contributed by atoms with Crippen LogP contribution in [0.5, 0.6) is 0 Å². The lowest BCUT2D eigenvalue weighted by Crippen LogP contribution is -2.21. The van der Waals surface area contributed by atoms with Crippen molar-refractivity contribution in [3.8, 4) is 0 Å². The fourth-order valence-corrected chi connectivity index (χ4v) is 1.89. The molecule has 0 saturated carbocycles. The SMILES string of the molecule is O=C(O)C(Nc1ccccc1F)c1ccc(C(F)(F)F)cc1. The zero-order valence-corrected chi connectivity index (χ0v) is 11.1. The molecule has 0 saturated heterocycles. The first kappa shape index (κ1) is 15.8. The van der Waals surface area contributed by atoms with Crippen LogP contribution in [0.2, 0.25) is 0 Å². The minimum absolute atomic E-state index is 0.0465. The van der Waals surface area contributed by atoms with Gasteiger partial charge in [-0.25, -0.2) is 9.18 Å². The van der Waals surface area contributed by atoms with Gasteiger partial charge in [0.15, 0.2) is 6.04 Å². The van der Waals surface area contributed by atoms with Crippen molar-refractivity contribution in [2.75, 3.05) is 5.32 Å². The lowest BCUT2D eigenvalue weighted by atomic mass is 10.0. The van der Waals surface area contributed by atoms with Crippen molar-refractivity contribution in [1.29, 1.82) is 0 Å². The molecule has 1 atom stereocenters. The van der Waals surface area contributed by atoms with Gasteiger partial charge in [0.25, 0.3) is 0 Å². The maximum Gasteiger partial charge on any atom is 0.416 e. The number of nitrogens with one attached hydrogen (secondary N) is 1. The predicted molar refractivity (Wildman–Crippen MR) is 71.8 cm³/mol. The van der Waals surface area contributed by atoms with Crippen molar-refractivity contribution in [3.63, 3.8) is 0 Å². The number of carboxylic acid groups (broad SMARTS) is 1. The van der Waals surface area contributed by atoms with E-state index in [-0.39, 0.29) is 11.3 Å². The molecule has 0 heterocycles. The van der Waals surface area contributed by atoms with Crippen molar-refractivity contribution < 1.29 is 27.5 Å². The number of para-hydroxylation sites is 1. The number of rotatable bonds is 4. The highest BCUT2D eigenvalue weighted by molar-refractivity contribution is 5.79. The second-order valence-electron chi connectivity index (χ2n) is 4.52. The van der Waals surface area contributed by atoms with Crippen LogP contribution in [0.15, 0.2) is 48.5 Å². The number of hydrogen-bond donors (Lipinski definition) is 2. The van der Waals surface area contributed by atoms with Crippen molar-refractivity contribution in [1.82, 2.24) is 0 Å². The molecule has 0 amide bonds. The highest BCUT2D eigenvalue weighted by Gasteiger charge is 2.30. The van der Waals surface area contributed by atoms with Gasteiger partial charge >= 0.3 is 12.1 Å². The van der Waals surface area contributed by atoms with Gasteiger partial charge < -0.3 is 10.4 Å². The molecule has 2 aromatic carbocycles. The molecule has 22 heavy (non-hydrogen) atoms. The zero-order chi connectivity index (χ0) is 16.3. The Balaban J connectivity index is 2.29. The molecule has 0 aliphatic rings. The third-order valence-electron chi connectivity index (χ3n) is 2.99. The molecular weight excluding hydrogens is 302 g/mol. The molecule has 3 nitrogen and oxygen atoms in total. The highest BCUT2D eigenvalue weighted by Crippen LogP contribution is 2.30. The smallest absolute Gasteiger partial charge is 0.416 e. The van der Waals surface area contributed by atoms with E-state index in [2.05, 4.69) is 5.32 Å². The Morgan fingerprint density at radius 3 is 2.14 bits per heavy atom. The van der Waals surface area contributed by atoms with E-state index in [9.17, 15) is 27.5 Å². The van der Waals surface area contributed by atoms with Crippen LogP contribution in [0.4, 0.5) is 23.2 Å². The second kappa shape index (κ2) is 6.05. The number of benzene rings is 2. The number of carboxylic acids is 1. The topological polar surface area (TPSA) is 49.3 Å². The van der Waals surface area contributed by atoms with Crippen LogP contribution in [0, 0.1) is 5.82 Å². The van der Waals surface area contributed by atoms with Gasteiger partial charge in [0, 0.05) is 0 Å². The van der Waals surface area contributed by atoms with E-state index in [4.69, 9.17) is 0 Å². The van der Waals surface area contributed by atoms with E-state index in [1.807, 2.05) is 0 Å². The van der Waals surface area contributed by atoms with Crippen LogP contribution >= 0.6 is 0 Å². The van der Waals surface area contributed by atoms with Crippen LogP contribution in [-0.4, -0.2) is 11.1 Å². The summed E-state index contributed by atoms with van der Waals surface area (Å²) in [6.07, 6.45) is -4.50. The number of halogens is 4. The minimum atomic E-state index is -4.50.